The number of benzene rings is 1. The van der Waals surface area contributed by atoms with Crippen LogP contribution in [0.1, 0.15) is 42.5 Å². The highest BCUT2D eigenvalue weighted by molar-refractivity contribution is 5.94. The summed E-state index contributed by atoms with van der Waals surface area (Å²) in [6.07, 6.45) is 4.02. The normalized spacial score (nSPS) is 17.4. The van der Waals surface area contributed by atoms with Gasteiger partial charge in [0, 0.05) is 12.1 Å². The molecule has 0 saturated heterocycles. The number of carbonyl (C=O) groups excluding carboxylic acids is 1. The molecule has 1 aliphatic rings. The molecule has 1 saturated carbocycles. The predicted octanol–water partition coefficient (Wildman–Crippen LogP) is 2.16. The van der Waals surface area contributed by atoms with Gasteiger partial charge in [-0.05, 0) is 31.0 Å². The predicted molar refractivity (Wildman–Crippen MR) is 73.6 cm³/mol. The van der Waals surface area contributed by atoms with Crippen molar-refractivity contribution in [3.05, 3.63) is 29.8 Å². The third-order valence-corrected chi connectivity index (χ3v) is 3.96. The summed E-state index contributed by atoms with van der Waals surface area (Å²) in [7, 11) is 0. The number of amides is 1. The van der Waals surface area contributed by atoms with Crippen LogP contribution in [0.4, 0.5) is 0 Å². The minimum Gasteiger partial charge on any atom is -0.508 e. The molecule has 1 amide bonds. The maximum atomic E-state index is 12.0. The number of carbonyl (C=O) groups is 2. The number of carboxylic acids is 1. The quantitative estimate of drug-likeness (QED) is 0.787. The van der Waals surface area contributed by atoms with Crippen molar-refractivity contribution in [3.8, 4) is 5.75 Å². The van der Waals surface area contributed by atoms with Gasteiger partial charge in [0.25, 0.3) is 5.91 Å². The molecule has 1 fully saturated rings. The number of phenols is 1. The number of phenolic OH excluding ortho intramolecular Hbond substituents is 1. The van der Waals surface area contributed by atoms with Crippen LogP contribution in [0.25, 0.3) is 0 Å². The second-order valence-electron chi connectivity index (χ2n) is 5.38. The number of hydrogen-bond donors (Lipinski definition) is 3. The third-order valence-electron chi connectivity index (χ3n) is 3.96. The number of hydrogen-bond acceptors (Lipinski definition) is 3. The van der Waals surface area contributed by atoms with Crippen LogP contribution in [-0.2, 0) is 4.79 Å². The van der Waals surface area contributed by atoms with Crippen LogP contribution in [0.3, 0.4) is 0 Å². The lowest BCUT2D eigenvalue weighted by atomic mass is 9.74. The Bertz CT molecular complexity index is 506. The van der Waals surface area contributed by atoms with Crippen molar-refractivity contribution in [1.82, 2.24) is 5.32 Å². The average Bonchev–Trinajstić information content (AvgIpc) is 2.45. The van der Waals surface area contributed by atoms with Gasteiger partial charge in [-0.25, -0.2) is 0 Å². The molecule has 0 radical (unpaired) electrons. The number of nitrogens with one attached hydrogen (secondary N) is 1. The van der Waals surface area contributed by atoms with E-state index in [1.54, 1.807) is 12.1 Å². The zero-order valence-corrected chi connectivity index (χ0v) is 11.3. The zero-order valence-electron chi connectivity index (χ0n) is 11.3. The fraction of sp³-hybridized carbons (Fsp3) is 0.467. The Hall–Kier alpha value is -2.04. The first-order valence-electron chi connectivity index (χ1n) is 6.84. The lowest BCUT2D eigenvalue weighted by Gasteiger charge is -2.33. The first-order chi connectivity index (χ1) is 9.53. The molecule has 5 nitrogen and oxygen atoms in total. The van der Waals surface area contributed by atoms with Gasteiger partial charge in [0.15, 0.2) is 0 Å². The molecule has 0 spiro atoms. The zero-order chi connectivity index (χ0) is 14.6. The number of aromatic hydroxyl groups is 1. The summed E-state index contributed by atoms with van der Waals surface area (Å²) < 4.78 is 0. The molecular weight excluding hydrogens is 258 g/mol. The molecule has 0 aliphatic heterocycles. The topological polar surface area (TPSA) is 86.6 Å². The molecule has 20 heavy (non-hydrogen) atoms. The summed E-state index contributed by atoms with van der Waals surface area (Å²) in [5.74, 6) is -1.18. The van der Waals surface area contributed by atoms with Gasteiger partial charge < -0.3 is 15.5 Å². The molecule has 1 aliphatic carbocycles. The molecule has 0 unspecified atom stereocenters. The number of rotatable bonds is 4. The number of aliphatic carboxylic acids is 1. The second kappa shape index (κ2) is 5.94. The Morgan fingerprint density at radius 2 is 1.90 bits per heavy atom. The van der Waals surface area contributed by atoms with Crippen molar-refractivity contribution < 1.29 is 19.8 Å². The third kappa shape index (κ3) is 3.10. The van der Waals surface area contributed by atoms with Crippen LogP contribution in [0.5, 0.6) is 5.75 Å². The maximum Gasteiger partial charge on any atom is 0.311 e. The summed E-state index contributed by atoms with van der Waals surface area (Å²) in [4.78, 5) is 23.5. The summed E-state index contributed by atoms with van der Waals surface area (Å²) >= 11 is 0. The summed E-state index contributed by atoms with van der Waals surface area (Å²) in [6, 6.07) is 6.02. The Balaban J connectivity index is 2.02. The van der Waals surface area contributed by atoms with Gasteiger partial charge in [-0.3, -0.25) is 9.59 Å². The van der Waals surface area contributed by atoms with Gasteiger partial charge in [0.05, 0.1) is 5.41 Å². The van der Waals surface area contributed by atoms with Crippen molar-refractivity contribution in [3.63, 3.8) is 0 Å². The Morgan fingerprint density at radius 1 is 1.20 bits per heavy atom. The largest absolute Gasteiger partial charge is 0.508 e. The maximum absolute atomic E-state index is 12.0. The molecule has 0 aromatic heterocycles. The van der Waals surface area contributed by atoms with Crippen LogP contribution in [0.15, 0.2) is 24.3 Å². The molecule has 0 atom stereocenters. The Morgan fingerprint density at radius 3 is 2.50 bits per heavy atom. The molecule has 1 aromatic rings. The second-order valence-corrected chi connectivity index (χ2v) is 5.38. The minimum absolute atomic E-state index is 0.0169. The molecule has 1 aromatic carbocycles. The molecule has 108 valence electrons. The summed E-state index contributed by atoms with van der Waals surface area (Å²) in [5.41, 5.74) is -0.508. The highest BCUT2D eigenvalue weighted by atomic mass is 16.4. The van der Waals surface area contributed by atoms with Gasteiger partial charge in [-0.1, -0.05) is 25.3 Å². The SMILES string of the molecule is O=C(NCC1(C(=O)O)CCCCC1)c1cccc(O)c1. The van der Waals surface area contributed by atoms with Crippen molar-refractivity contribution in [2.24, 2.45) is 5.41 Å². The first kappa shape index (κ1) is 14.4. The summed E-state index contributed by atoms with van der Waals surface area (Å²) in [5, 5.41) is 21.5. The van der Waals surface area contributed by atoms with Crippen molar-refractivity contribution in [1.29, 1.82) is 0 Å². The lowest BCUT2D eigenvalue weighted by Crippen LogP contribution is -2.44. The molecule has 2 rings (SSSR count). The van der Waals surface area contributed by atoms with Crippen LogP contribution in [0, 0.1) is 5.41 Å². The van der Waals surface area contributed by atoms with Crippen LogP contribution >= 0.6 is 0 Å². The smallest absolute Gasteiger partial charge is 0.311 e. The standard InChI is InChI=1S/C15H19NO4/c17-12-6-4-5-11(9-12)13(18)16-10-15(14(19)20)7-2-1-3-8-15/h4-6,9,17H,1-3,7-8,10H2,(H,16,18)(H,19,20). The van der Waals surface area contributed by atoms with E-state index in [4.69, 9.17) is 0 Å². The average molecular weight is 277 g/mol. The van der Waals surface area contributed by atoms with Gasteiger partial charge in [-0.15, -0.1) is 0 Å². The van der Waals surface area contributed by atoms with Crippen LogP contribution in [0.2, 0.25) is 0 Å². The molecule has 3 N–H and O–H groups in total. The highest BCUT2D eigenvalue weighted by Crippen LogP contribution is 2.36. The Labute approximate surface area is 117 Å². The van der Waals surface area contributed by atoms with Gasteiger partial charge >= 0.3 is 5.97 Å². The van der Waals surface area contributed by atoms with E-state index in [0.29, 0.717) is 18.4 Å². The van der Waals surface area contributed by atoms with E-state index in [0.717, 1.165) is 19.3 Å². The fourth-order valence-corrected chi connectivity index (χ4v) is 2.69. The van der Waals surface area contributed by atoms with E-state index in [-0.39, 0.29) is 18.2 Å². The van der Waals surface area contributed by atoms with Crippen LogP contribution in [-0.4, -0.2) is 28.6 Å². The summed E-state index contributed by atoms with van der Waals surface area (Å²) in [6.45, 7) is 0.136. The lowest BCUT2D eigenvalue weighted by molar-refractivity contribution is -0.150. The minimum atomic E-state index is -0.843. The van der Waals surface area contributed by atoms with E-state index < -0.39 is 11.4 Å². The van der Waals surface area contributed by atoms with E-state index in [2.05, 4.69) is 5.32 Å². The van der Waals surface area contributed by atoms with Crippen molar-refractivity contribution in [2.45, 2.75) is 32.1 Å². The highest BCUT2D eigenvalue weighted by Gasteiger charge is 2.39. The van der Waals surface area contributed by atoms with E-state index in [1.165, 1.54) is 12.1 Å². The first-order valence-corrected chi connectivity index (χ1v) is 6.84. The van der Waals surface area contributed by atoms with Crippen molar-refractivity contribution in [2.75, 3.05) is 6.54 Å². The Kier molecular flexibility index (Phi) is 4.27. The van der Waals surface area contributed by atoms with E-state index >= 15 is 0 Å². The van der Waals surface area contributed by atoms with Crippen LogP contribution < -0.4 is 5.32 Å². The molecule has 5 heteroatoms. The molecule has 0 heterocycles. The number of carboxylic acid groups (broad SMARTS) is 1. The monoisotopic (exact) mass is 277 g/mol. The van der Waals surface area contributed by atoms with E-state index in [9.17, 15) is 19.8 Å². The van der Waals surface area contributed by atoms with E-state index in [1.807, 2.05) is 0 Å². The van der Waals surface area contributed by atoms with Crippen molar-refractivity contribution >= 4 is 11.9 Å². The van der Waals surface area contributed by atoms with Gasteiger partial charge in [0.1, 0.15) is 5.75 Å². The molecular formula is C15H19NO4. The molecule has 0 bridgehead atoms. The van der Waals surface area contributed by atoms with Gasteiger partial charge in [0.2, 0.25) is 0 Å². The fourth-order valence-electron chi connectivity index (χ4n) is 2.69. The van der Waals surface area contributed by atoms with Gasteiger partial charge in [-0.2, -0.15) is 0 Å².